The average molecular weight is 508 g/mol. The number of aromatic hydroxyl groups is 1. The number of nitrogens with one attached hydrogen (secondary N) is 1. The van der Waals surface area contributed by atoms with Crippen molar-refractivity contribution in [3.63, 3.8) is 0 Å². The third-order valence-electron chi connectivity index (χ3n) is 5.79. The Hall–Kier alpha value is -3.12. The first-order chi connectivity index (χ1) is 16.7. The summed E-state index contributed by atoms with van der Waals surface area (Å²) in [6, 6.07) is 17.6. The minimum absolute atomic E-state index is 0.134. The summed E-state index contributed by atoms with van der Waals surface area (Å²) in [5.41, 5.74) is 6.51. The van der Waals surface area contributed by atoms with Crippen LogP contribution < -0.4 is 5.32 Å². The molecule has 0 fully saturated rings. The van der Waals surface area contributed by atoms with Crippen LogP contribution >= 0.6 is 23.2 Å². The molecule has 0 bridgehead atoms. The maximum absolute atomic E-state index is 11.4. The number of hydrogen-bond donors (Lipinski definition) is 2. The quantitative estimate of drug-likeness (QED) is 0.249. The molecule has 0 radical (unpaired) electrons. The van der Waals surface area contributed by atoms with Gasteiger partial charge in [0.2, 0.25) is 0 Å². The molecular formula is C28H27Cl2N3O2. The van der Waals surface area contributed by atoms with E-state index in [9.17, 15) is 9.90 Å². The maximum Gasteiger partial charge on any atom is 0.152 e. The highest BCUT2D eigenvalue weighted by atomic mass is 35.5. The number of phenolic OH excluding ortho intramolecular Hbond substituents is 1. The van der Waals surface area contributed by atoms with Crippen molar-refractivity contribution in [3.05, 3.63) is 82.0 Å². The number of pyridine rings is 1. The number of aromatic nitrogens is 1. The summed E-state index contributed by atoms with van der Waals surface area (Å²) in [5.74, 6) is -0.278. The predicted molar refractivity (Wildman–Crippen MR) is 145 cm³/mol. The van der Waals surface area contributed by atoms with Crippen molar-refractivity contribution >= 4 is 51.8 Å². The molecule has 5 nitrogen and oxygen atoms in total. The van der Waals surface area contributed by atoms with E-state index in [4.69, 9.17) is 23.2 Å². The molecule has 3 aromatic carbocycles. The molecule has 0 saturated carbocycles. The minimum atomic E-state index is -0.143. The number of rotatable bonds is 8. The smallest absolute Gasteiger partial charge is 0.152 e. The Bertz CT molecular complexity index is 1350. The number of carbonyl (C=O) groups excluding carboxylic acids is 1. The fourth-order valence-electron chi connectivity index (χ4n) is 4.05. The highest BCUT2D eigenvalue weighted by Gasteiger charge is 2.15. The van der Waals surface area contributed by atoms with Gasteiger partial charge in [0.25, 0.3) is 0 Å². The van der Waals surface area contributed by atoms with Gasteiger partial charge in [-0.15, -0.1) is 0 Å². The van der Waals surface area contributed by atoms with Gasteiger partial charge in [-0.25, -0.2) is 0 Å². The van der Waals surface area contributed by atoms with Gasteiger partial charge in [-0.3, -0.25) is 4.98 Å². The molecule has 1 unspecified atom stereocenters. The van der Waals surface area contributed by atoms with Crippen LogP contribution in [0.4, 0.5) is 11.4 Å². The summed E-state index contributed by atoms with van der Waals surface area (Å²) in [4.78, 5) is 18.2. The minimum Gasteiger partial charge on any atom is -0.505 e. The third kappa shape index (κ3) is 5.76. The number of phenols is 1. The third-order valence-corrected chi connectivity index (χ3v) is 6.37. The molecule has 1 heterocycles. The van der Waals surface area contributed by atoms with Crippen LogP contribution in [-0.2, 0) is 17.8 Å². The molecular weight excluding hydrogens is 481 g/mol. The van der Waals surface area contributed by atoms with Crippen LogP contribution in [0, 0.1) is 5.92 Å². The summed E-state index contributed by atoms with van der Waals surface area (Å²) in [5, 5.41) is 14.8. The van der Waals surface area contributed by atoms with Gasteiger partial charge in [0.05, 0.1) is 21.2 Å². The number of fused-ring (bicyclic) bond motifs is 1. The first-order valence-corrected chi connectivity index (χ1v) is 12.1. The fourth-order valence-corrected chi connectivity index (χ4v) is 4.53. The first kappa shape index (κ1) is 25.0. The zero-order valence-corrected chi connectivity index (χ0v) is 21.4. The topological polar surface area (TPSA) is 65.5 Å². The summed E-state index contributed by atoms with van der Waals surface area (Å²) in [6.07, 6.45) is 3.36. The second kappa shape index (κ2) is 10.6. The molecule has 4 rings (SSSR count). The van der Waals surface area contributed by atoms with E-state index in [-0.39, 0.29) is 21.7 Å². The van der Waals surface area contributed by atoms with Crippen LogP contribution in [0.5, 0.6) is 5.75 Å². The molecule has 4 aromatic rings. The molecule has 0 aliphatic rings. The lowest BCUT2D eigenvalue weighted by Gasteiger charge is -2.17. The molecule has 0 spiro atoms. The number of aldehydes is 1. The monoisotopic (exact) mass is 507 g/mol. The van der Waals surface area contributed by atoms with Crippen molar-refractivity contribution in [3.8, 4) is 16.9 Å². The largest absolute Gasteiger partial charge is 0.505 e. The van der Waals surface area contributed by atoms with Crippen molar-refractivity contribution in [1.82, 2.24) is 9.88 Å². The van der Waals surface area contributed by atoms with Crippen molar-refractivity contribution < 1.29 is 9.90 Å². The van der Waals surface area contributed by atoms with E-state index in [0.717, 1.165) is 51.8 Å². The molecule has 2 N–H and O–H groups in total. The Morgan fingerprint density at radius 3 is 2.34 bits per heavy atom. The van der Waals surface area contributed by atoms with Gasteiger partial charge >= 0.3 is 0 Å². The maximum atomic E-state index is 11.4. The van der Waals surface area contributed by atoms with E-state index >= 15 is 0 Å². The molecule has 180 valence electrons. The molecule has 0 aliphatic heterocycles. The predicted octanol–water partition coefficient (Wildman–Crippen LogP) is 7.10. The van der Waals surface area contributed by atoms with E-state index in [1.165, 1.54) is 5.56 Å². The standard InChI is InChI=1S/C28H27Cl2N3O2/c1-17(16-34)10-21-14-31-26-9-6-19(20-12-24(29)28(35)25(30)13-20)11-23(26)27(21)32-22-7-4-18(5-8-22)15-33(2)3/h4-9,11-14,16-17,35H,10,15H2,1-3H3,(H,31,32). The molecule has 1 aromatic heterocycles. The lowest BCUT2D eigenvalue weighted by Crippen LogP contribution is -2.10. The van der Waals surface area contributed by atoms with Crippen LogP contribution in [0.2, 0.25) is 10.0 Å². The summed E-state index contributed by atoms with van der Waals surface area (Å²) < 4.78 is 0. The molecule has 7 heteroatoms. The number of carbonyl (C=O) groups is 1. The Morgan fingerprint density at radius 2 is 1.71 bits per heavy atom. The van der Waals surface area contributed by atoms with Gasteiger partial charge in [-0.05, 0) is 79.2 Å². The van der Waals surface area contributed by atoms with E-state index in [0.29, 0.717) is 6.42 Å². The van der Waals surface area contributed by atoms with E-state index < -0.39 is 0 Å². The van der Waals surface area contributed by atoms with E-state index in [1.807, 2.05) is 45.4 Å². The second-order valence-corrected chi connectivity index (χ2v) is 9.87. The van der Waals surface area contributed by atoms with Crippen LogP contribution in [0.3, 0.4) is 0 Å². The number of benzene rings is 3. The zero-order chi connectivity index (χ0) is 25.1. The van der Waals surface area contributed by atoms with Crippen molar-refractivity contribution in [1.29, 1.82) is 0 Å². The van der Waals surface area contributed by atoms with Gasteiger partial charge in [-0.1, -0.05) is 48.3 Å². The van der Waals surface area contributed by atoms with Crippen LogP contribution in [-0.4, -0.2) is 35.4 Å². The number of anilines is 2. The number of nitrogens with zero attached hydrogens (tertiary/aromatic N) is 2. The summed E-state index contributed by atoms with van der Waals surface area (Å²) >= 11 is 12.3. The highest BCUT2D eigenvalue weighted by Crippen LogP contribution is 2.38. The lowest BCUT2D eigenvalue weighted by molar-refractivity contribution is -0.110. The van der Waals surface area contributed by atoms with Gasteiger partial charge in [0.15, 0.2) is 5.75 Å². The Labute approximate surface area is 215 Å². The molecule has 35 heavy (non-hydrogen) atoms. The van der Waals surface area contributed by atoms with Crippen LogP contribution in [0.25, 0.3) is 22.0 Å². The number of hydrogen-bond acceptors (Lipinski definition) is 5. The van der Waals surface area contributed by atoms with Crippen molar-refractivity contribution in [2.75, 3.05) is 19.4 Å². The van der Waals surface area contributed by atoms with E-state index in [1.54, 1.807) is 12.1 Å². The number of halogens is 2. The van der Waals surface area contributed by atoms with Gasteiger partial charge in [0.1, 0.15) is 6.29 Å². The molecule has 1 atom stereocenters. The second-order valence-electron chi connectivity index (χ2n) is 9.06. The van der Waals surface area contributed by atoms with Crippen molar-refractivity contribution in [2.45, 2.75) is 19.9 Å². The molecule has 0 saturated heterocycles. The SMILES string of the molecule is CC(C=O)Cc1cnc2ccc(-c3cc(Cl)c(O)c(Cl)c3)cc2c1Nc1ccc(CN(C)C)cc1. The average Bonchev–Trinajstić information content (AvgIpc) is 2.84. The van der Waals surface area contributed by atoms with Gasteiger partial charge < -0.3 is 20.1 Å². The van der Waals surface area contributed by atoms with Crippen LogP contribution in [0.1, 0.15) is 18.1 Å². The van der Waals surface area contributed by atoms with Crippen molar-refractivity contribution in [2.24, 2.45) is 5.92 Å². The van der Waals surface area contributed by atoms with Crippen LogP contribution in [0.15, 0.2) is 60.8 Å². The Kier molecular flexibility index (Phi) is 7.60. The first-order valence-electron chi connectivity index (χ1n) is 11.3. The summed E-state index contributed by atoms with van der Waals surface area (Å²) in [6.45, 7) is 2.76. The summed E-state index contributed by atoms with van der Waals surface area (Å²) in [7, 11) is 4.09. The fraction of sp³-hybridized carbons (Fsp3) is 0.214. The molecule has 0 amide bonds. The highest BCUT2D eigenvalue weighted by molar-refractivity contribution is 6.37. The molecule has 0 aliphatic carbocycles. The van der Waals surface area contributed by atoms with E-state index in [2.05, 4.69) is 39.5 Å². The Morgan fingerprint density at radius 1 is 1.03 bits per heavy atom. The lowest BCUT2D eigenvalue weighted by atomic mass is 9.97. The Balaban J connectivity index is 1.82. The zero-order valence-electron chi connectivity index (χ0n) is 19.8. The van der Waals surface area contributed by atoms with Gasteiger partial charge in [-0.2, -0.15) is 0 Å². The van der Waals surface area contributed by atoms with Gasteiger partial charge in [0, 0.05) is 29.7 Å². The normalized spacial score (nSPS) is 12.2.